The number of Topliss-reactive ketones (excluding diaryl/α,β-unsaturated/α-hetero) is 1. The van der Waals surface area contributed by atoms with Crippen LogP contribution < -0.4 is 0 Å². The van der Waals surface area contributed by atoms with E-state index in [1.807, 2.05) is 35.0 Å². The fourth-order valence-corrected chi connectivity index (χ4v) is 2.54. The topological polar surface area (TPSA) is 34.9 Å². The van der Waals surface area contributed by atoms with E-state index in [-0.39, 0.29) is 0 Å². The molecule has 128 valence electrons. The molecular formula is C19H15F3N2O. The van der Waals surface area contributed by atoms with Gasteiger partial charge in [-0.1, -0.05) is 42.5 Å². The summed E-state index contributed by atoms with van der Waals surface area (Å²) >= 11 is 0. The molecule has 3 nitrogen and oxygen atoms in total. The van der Waals surface area contributed by atoms with Crippen molar-refractivity contribution in [1.29, 1.82) is 0 Å². The standard InChI is InChI=1S/C19H15F3N2O/c20-19(21,22)18(25)11-14-4-6-16(7-5-14)17-3-1-2-15(10-17)12-24-9-8-23-13-24/h1-10,13H,11-12H2. The summed E-state index contributed by atoms with van der Waals surface area (Å²) in [6, 6.07) is 14.5. The minimum absolute atomic E-state index is 0.348. The van der Waals surface area contributed by atoms with Crippen LogP contribution in [0.15, 0.2) is 67.3 Å². The van der Waals surface area contributed by atoms with E-state index in [1.165, 1.54) is 0 Å². The molecule has 1 aromatic heterocycles. The van der Waals surface area contributed by atoms with Crippen molar-refractivity contribution in [2.45, 2.75) is 19.1 Å². The first-order valence-electron chi connectivity index (χ1n) is 7.66. The molecule has 2 aromatic carbocycles. The van der Waals surface area contributed by atoms with E-state index in [0.717, 1.165) is 16.7 Å². The lowest BCUT2D eigenvalue weighted by Crippen LogP contribution is -2.24. The maximum atomic E-state index is 12.3. The van der Waals surface area contributed by atoms with E-state index in [9.17, 15) is 18.0 Å². The number of hydrogen-bond donors (Lipinski definition) is 0. The number of halogens is 3. The number of imidazole rings is 1. The maximum absolute atomic E-state index is 12.3. The Balaban J connectivity index is 1.75. The average Bonchev–Trinajstić information content (AvgIpc) is 3.08. The van der Waals surface area contributed by atoms with Gasteiger partial charge in [0.15, 0.2) is 0 Å². The maximum Gasteiger partial charge on any atom is 0.450 e. The van der Waals surface area contributed by atoms with Crippen LogP contribution in [0.2, 0.25) is 0 Å². The number of aromatic nitrogens is 2. The summed E-state index contributed by atoms with van der Waals surface area (Å²) < 4.78 is 38.9. The van der Waals surface area contributed by atoms with Crippen LogP contribution in [0.25, 0.3) is 11.1 Å². The number of rotatable bonds is 5. The molecule has 0 unspecified atom stereocenters. The Kier molecular flexibility index (Phi) is 4.70. The van der Waals surface area contributed by atoms with Crippen LogP contribution in [0.4, 0.5) is 13.2 Å². The molecule has 0 N–H and O–H groups in total. The molecule has 0 aliphatic carbocycles. The van der Waals surface area contributed by atoms with Crippen molar-refractivity contribution in [1.82, 2.24) is 9.55 Å². The third-order valence-electron chi connectivity index (χ3n) is 3.82. The van der Waals surface area contributed by atoms with Gasteiger partial charge in [0.25, 0.3) is 0 Å². The van der Waals surface area contributed by atoms with Crippen LogP contribution in [-0.4, -0.2) is 21.5 Å². The number of carbonyl (C=O) groups is 1. The van der Waals surface area contributed by atoms with Crippen LogP contribution >= 0.6 is 0 Å². The van der Waals surface area contributed by atoms with Crippen LogP contribution in [0, 0.1) is 0 Å². The Labute approximate surface area is 142 Å². The molecule has 0 radical (unpaired) electrons. The summed E-state index contributed by atoms with van der Waals surface area (Å²) in [5.41, 5.74) is 3.29. The normalized spacial score (nSPS) is 11.5. The van der Waals surface area contributed by atoms with Gasteiger partial charge in [-0.05, 0) is 28.3 Å². The highest BCUT2D eigenvalue weighted by atomic mass is 19.4. The Bertz CT molecular complexity index is 853. The quantitative estimate of drug-likeness (QED) is 0.693. The number of alkyl halides is 3. The van der Waals surface area contributed by atoms with E-state index in [0.29, 0.717) is 12.1 Å². The molecule has 0 spiro atoms. The highest BCUT2D eigenvalue weighted by Gasteiger charge is 2.37. The van der Waals surface area contributed by atoms with Crippen LogP contribution in [0.1, 0.15) is 11.1 Å². The molecular weight excluding hydrogens is 329 g/mol. The van der Waals surface area contributed by atoms with E-state index < -0.39 is 18.4 Å². The predicted molar refractivity (Wildman–Crippen MR) is 88.0 cm³/mol. The minimum atomic E-state index is -4.79. The lowest BCUT2D eigenvalue weighted by molar-refractivity contribution is -0.170. The van der Waals surface area contributed by atoms with Gasteiger partial charge in [0.05, 0.1) is 6.33 Å². The van der Waals surface area contributed by atoms with Crippen molar-refractivity contribution < 1.29 is 18.0 Å². The third-order valence-corrected chi connectivity index (χ3v) is 3.82. The summed E-state index contributed by atoms with van der Waals surface area (Å²) in [6.45, 7) is 0.687. The minimum Gasteiger partial charge on any atom is -0.333 e. The summed E-state index contributed by atoms with van der Waals surface area (Å²) in [5.74, 6) is -1.73. The molecule has 0 fully saturated rings. The fourth-order valence-electron chi connectivity index (χ4n) is 2.54. The van der Waals surface area contributed by atoms with Gasteiger partial charge >= 0.3 is 6.18 Å². The molecule has 0 saturated carbocycles. The highest BCUT2D eigenvalue weighted by molar-refractivity contribution is 5.86. The second kappa shape index (κ2) is 6.93. The van der Waals surface area contributed by atoms with Gasteiger partial charge in [-0.25, -0.2) is 4.98 Å². The molecule has 6 heteroatoms. The van der Waals surface area contributed by atoms with E-state index in [2.05, 4.69) is 4.98 Å². The zero-order valence-electron chi connectivity index (χ0n) is 13.2. The summed E-state index contributed by atoms with van der Waals surface area (Å²) in [5, 5.41) is 0. The third kappa shape index (κ3) is 4.35. The van der Waals surface area contributed by atoms with Crippen molar-refractivity contribution in [3.63, 3.8) is 0 Å². The number of carbonyl (C=O) groups excluding carboxylic acids is 1. The van der Waals surface area contributed by atoms with E-state index >= 15 is 0 Å². The van der Waals surface area contributed by atoms with Gasteiger partial charge in [0.1, 0.15) is 0 Å². The number of ketones is 1. The lowest BCUT2D eigenvalue weighted by atomic mass is 10.00. The van der Waals surface area contributed by atoms with Crippen molar-refractivity contribution in [2.75, 3.05) is 0 Å². The molecule has 3 rings (SSSR count). The van der Waals surface area contributed by atoms with Crippen molar-refractivity contribution in [3.05, 3.63) is 78.4 Å². The Hall–Kier alpha value is -2.89. The zero-order chi connectivity index (χ0) is 17.9. The van der Waals surface area contributed by atoms with Crippen LogP contribution in [0.5, 0.6) is 0 Å². The molecule has 0 amide bonds. The SMILES string of the molecule is O=C(Cc1ccc(-c2cccc(Cn3ccnc3)c2)cc1)C(F)(F)F. The van der Waals surface area contributed by atoms with Crippen LogP contribution in [-0.2, 0) is 17.8 Å². The second-order valence-electron chi connectivity index (χ2n) is 5.73. The van der Waals surface area contributed by atoms with Gasteiger partial charge in [0.2, 0.25) is 5.78 Å². The second-order valence-corrected chi connectivity index (χ2v) is 5.73. The lowest BCUT2D eigenvalue weighted by Gasteiger charge is -2.08. The van der Waals surface area contributed by atoms with Crippen molar-refractivity contribution in [3.8, 4) is 11.1 Å². The Morgan fingerprint density at radius 1 is 1.00 bits per heavy atom. The largest absolute Gasteiger partial charge is 0.450 e. The molecule has 0 atom stereocenters. The summed E-state index contributed by atoms with van der Waals surface area (Å²) in [7, 11) is 0. The summed E-state index contributed by atoms with van der Waals surface area (Å²) in [4.78, 5) is 15.1. The van der Waals surface area contributed by atoms with Crippen LogP contribution in [0.3, 0.4) is 0 Å². The average molecular weight is 344 g/mol. The van der Waals surface area contributed by atoms with E-state index in [1.54, 1.807) is 36.8 Å². The molecule has 0 aliphatic heterocycles. The first kappa shape index (κ1) is 17.0. The predicted octanol–water partition coefficient (Wildman–Crippen LogP) is 4.27. The molecule has 0 bridgehead atoms. The molecule has 1 heterocycles. The van der Waals surface area contributed by atoms with E-state index in [4.69, 9.17) is 0 Å². The van der Waals surface area contributed by atoms with Gasteiger partial charge in [-0.2, -0.15) is 13.2 Å². The number of hydrogen-bond acceptors (Lipinski definition) is 2. The number of nitrogens with zero attached hydrogens (tertiary/aromatic N) is 2. The monoisotopic (exact) mass is 344 g/mol. The molecule has 0 aliphatic rings. The zero-order valence-corrected chi connectivity index (χ0v) is 13.2. The van der Waals surface area contributed by atoms with Crippen molar-refractivity contribution >= 4 is 5.78 Å². The Morgan fingerprint density at radius 3 is 2.40 bits per heavy atom. The van der Waals surface area contributed by atoms with Crippen molar-refractivity contribution in [2.24, 2.45) is 0 Å². The Morgan fingerprint density at radius 2 is 1.76 bits per heavy atom. The van der Waals surface area contributed by atoms with Gasteiger partial charge in [-0.15, -0.1) is 0 Å². The summed E-state index contributed by atoms with van der Waals surface area (Å²) in [6.07, 6.45) is -0.103. The first-order chi connectivity index (χ1) is 11.9. The molecule has 25 heavy (non-hydrogen) atoms. The fraction of sp³-hybridized carbons (Fsp3) is 0.158. The number of benzene rings is 2. The van der Waals surface area contributed by atoms with Gasteiger partial charge < -0.3 is 4.57 Å². The molecule has 3 aromatic rings. The van der Waals surface area contributed by atoms with Gasteiger partial charge in [0, 0.05) is 25.4 Å². The first-order valence-corrected chi connectivity index (χ1v) is 7.66. The smallest absolute Gasteiger partial charge is 0.333 e. The molecule has 0 saturated heterocycles. The highest BCUT2D eigenvalue weighted by Crippen LogP contribution is 2.23. The van der Waals surface area contributed by atoms with Gasteiger partial charge in [-0.3, -0.25) is 4.79 Å².